The molecular formula is C10H16N2O. The Hall–Kier alpha value is -1.12. The van der Waals surface area contributed by atoms with Crippen molar-refractivity contribution >= 4 is 12.6 Å². The maximum Gasteiger partial charge on any atom is 0.207 e. The molecule has 1 amide bonds. The van der Waals surface area contributed by atoms with Gasteiger partial charge in [0.25, 0.3) is 0 Å². The summed E-state index contributed by atoms with van der Waals surface area (Å²) in [5.41, 5.74) is 2.50. The third-order valence-electron chi connectivity index (χ3n) is 2.42. The molecule has 0 saturated carbocycles. The number of allylic oxidation sites excluding steroid dienone is 1. The van der Waals surface area contributed by atoms with Gasteiger partial charge in [-0.25, -0.2) is 0 Å². The fraction of sp³-hybridized carbons (Fsp3) is 0.600. The summed E-state index contributed by atoms with van der Waals surface area (Å²) in [5, 5.41) is 2.67. The standard InChI is InChI=1S/C10H16N2O/c1-3-9-6-12-8(2)10(9)4-5-11-7-13/h6-7,9H,3-5H2,1-2H3,(H,11,13). The lowest BCUT2D eigenvalue weighted by Gasteiger charge is -2.10. The molecule has 1 heterocycles. The molecule has 0 radical (unpaired) electrons. The highest BCUT2D eigenvalue weighted by atomic mass is 16.1. The summed E-state index contributed by atoms with van der Waals surface area (Å²) in [5.74, 6) is 0.494. The van der Waals surface area contributed by atoms with Crippen molar-refractivity contribution < 1.29 is 4.79 Å². The van der Waals surface area contributed by atoms with E-state index in [1.807, 2.05) is 13.1 Å². The molecule has 0 bridgehead atoms. The molecule has 3 nitrogen and oxygen atoms in total. The van der Waals surface area contributed by atoms with Crippen molar-refractivity contribution in [1.82, 2.24) is 5.32 Å². The molecule has 0 aliphatic carbocycles. The molecule has 1 atom stereocenters. The Morgan fingerprint density at radius 1 is 1.69 bits per heavy atom. The zero-order chi connectivity index (χ0) is 9.68. The number of hydrogen-bond donors (Lipinski definition) is 1. The SMILES string of the molecule is CCC1C=NC(C)=C1CCNC=O. The Morgan fingerprint density at radius 3 is 3.08 bits per heavy atom. The third kappa shape index (κ3) is 2.41. The quantitative estimate of drug-likeness (QED) is 0.505. The number of nitrogens with one attached hydrogen (secondary N) is 1. The van der Waals surface area contributed by atoms with E-state index < -0.39 is 0 Å². The molecular weight excluding hydrogens is 164 g/mol. The Morgan fingerprint density at radius 2 is 2.46 bits per heavy atom. The third-order valence-corrected chi connectivity index (χ3v) is 2.42. The van der Waals surface area contributed by atoms with Crippen LogP contribution in [0.15, 0.2) is 16.3 Å². The van der Waals surface area contributed by atoms with Crippen LogP contribution in [0.2, 0.25) is 0 Å². The lowest BCUT2D eigenvalue weighted by molar-refractivity contribution is -0.109. The van der Waals surface area contributed by atoms with Crippen LogP contribution in [0.4, 0.5) is 0 Å². The second-order valence-electron chi connectivity index (χ2n) is 3.23. The normalized spacial score (nSPS) is 20.9. The molecule has 1 aliphatic rings. The Labute approximate surface area is 78.9 Å². The van der Waals surface area contributed by atoms with E-state index in [2.05, 4.69) is 17.2 Å². The Kier molecular flexibility index (Phi) is 3.68. The maximum atomic E-state index is 10.1. The van der Waals surface area contributed by atoms with Crippen LogP contribution in [0.5, 0.6) is 0 Å². The first kappa shape index (κ1) is 9.96. The topological polar surface area (TPSA) is 41.5 Å². The molecule has 1 N–H and O–H groups in total. The van der Waals surface area contributed by atoms with E-state index in [1.54, 1.807) is 0 Å². The predicted octanol–water partition coefficient (Wildman–Crippen LogP) is 1.51. The van der Waals surface area contributed by atoms with Crippen LogP contribution in [0.3, 0.4) is 0 Å². The minimum Gasteiger partial charge on any atom is -0.358 e. The second kappa shape index (κ2) is 4.80. The van der Waals surface area contributed by atoms with Crippen LogP contribution < -0.4 is 5.32 Å². The first-order valence-corrected chi connectivity index (χ1v) is 4.70. The molecule has 0 spiro atoms. The van der Waals surface area contributed by atoms with Gasteiger partial charge in [0.1, 0.15) is 0 Å². The number of hydrogen-bond acceptors (Lipinski definition) is 2. The Balaban J connectivity index is 2.47. The first-order valence-electron chi connectivity index (χ1n) is 4.70. The van der Waals surface area contributed by atoms with E-state index in [0.717, 1.165) is 31.5 Å². The summed E-state index contributed by atoms with van der Waals surface area (Å²) in [6.45, 7) is 4.90. The number of amides is 1. The van der Waals surface area contributed by atoms with Crippen LogP contribution in [-0.2, 0) is 4.79 Å². The van der Waals surface area contributed by atoms with Gasteiger partial charge in [-0.05, 0) is 25.3 Å². The summed E-state index contributed by atoms with van der Waals surface area (Å²) < 4.78 is 0. The van der Waals surface area contributed by atoms with Gasteiger partial charge in [-0.1, -0.05) is 6.92 Å². The summed E-state index contributed by atoms with van der Waals surface area (Å²) in [7, 11) is 0. The van der Waals surface area contributed by atoms with Gasteiger partial charge >= 0.3 is 0 Å². The number of carbonyl (C=O) groups excluding carboxylic acids is 1. The smallest absolute Gasteiger partial charge is 0.207 e. The number of aliphatic imine (C=N–C) groups is 1. The predicted molar refractivity (Wildman–Crippen MR) is 53.7 cm³/mol. The fourth-order valence-corrected chi connectivity index (χ4v) is 1.63. The molecule has 3 heteroatoms. The summed E-state index contributed by atoms with van der Waals surface area (Å²) in [6.07, 6.45) is 4.76. The van der Waals surface area contributed by atoms with Crippen molar-refractivity contribution in [3.8, 4) is 0 Å². The number of carbonyl (C=O) groups is 1. The molecule has 72 valence electrons. The average Bonchev–Trinajstić information content (AvgIpc) is 2.48. The van der Waals surface area contributed by atoms with Gasteiger partial charge < -0.3 is 5.32 Å². The monoisotopic (exact) mass is 180 g/mol. The molecule has 0 saturated heterocycles. The van der Waals surface area contributed by atoms with Crippen molar-refractivity contribution in [3.63, 3.8) is 0 Å². The Bertz CT molecular complexity index is 243. The van der Waals surface area contributed by atoms with E-state index in [9.17, 15) is 4.79 Å². The van der Waals surface area contributed by atoms with Crippen LogP contribution in [0, 0.1) is 5.92 Å². The highest BCUT2D eigenvalue weighted by Gasteiger charge is 2.17. The van der Waals surface area contributed by atoms with Crippen LogP contribution >= 0.6 is 0 Å². The van der Waals surface area contributed by atoms with Gasteiger partial charge in [0.2, 0.25) is 6.41 Å². The molecule has 0 aromatic carbocycles. The minimum absolute atomic E-state index is 0.494. The molecule has 0 fully saturated rings. The van der Waals surface area contributed by atoms with Gasteiger partial charge in [0.05, 0.1) is 0 Å². The van der Waals surface area contributed by atoms with Crippen molar-refractivity contribution in [3.05, 3.63) is 11.3 Å². The lowest BCUT2D eigenvalue weighted by atomic mass is 9.95. The summed E-state index contributed by atoms with van der Waals surface area (Å²) >= 11 is 0. The largest absolute Gasteiger partial charge is 0.358 e. The van der Waals surface area contributed by atoms with Crippen molar-refractivity contribution in [2.45, 2.75) is 26.7 Å². The van der Waals surface area contributed by atoms with Gasteiger partial charge in [0.15, 0.2) is 0 Å². The molecule has 1 rings (SSSR count). The molecule has 0 aromatic rings. The highest BCUT2D eigenvalue weighted by Crippen LogP contribution is 2.26. The zero-order valence-electron chi connectivity index (χ0n) is 8.21. The summed E-state index contributed by atoms with van der Waals surface area (Å²) in [4.78, 5) is 14.3. The average molecular weight is 180 g/mol. The second-order valence-corrected chi connectivity index (χ2v) is 3.23. The van der Waals surface area contributed by atoms with Crippen LogP contribution in [-0.4, -0.2) is 19.2 Å². The van der Waals surface area contributed by atoms with Gasteiger partial charge in [0, 0.05) is 24.4 Å². The van der Waals surface area contributed by atoms with E-state index in [0.29, 0.717) is 5.92 Å². The zero-order valence-corrected chi connectivity index (χ0v) is 8.21. The fourth-order valence-electron chi connectivity index (χ4n) is 1.63. The number of rotatable bonds is 5. The number of nitrogens with zero attached hydrogens (tertiary/aromatic N) is 1. The lowest BCUT2D eigenvalue weighted by Crippen LogP contribution is -2.15. The van der Waals surface area contributed by atoms with E-state index in [4.69, 9.17) is 0 Å². The van der Waals surface area contributed by atoms with Gasteiger partial charge in [-0.2, -0.15) is 0 Å². The molecule has 1 aliphatic heterocycles. The van der Waals surface area contributed by atoms with Crippen LogP contribution in [0.1, 0.15) is 26.7 Å². The van der Waals surface area contributed by atoms with Crippen molar-refractivity contribution in [2.75, 3.05) is 6.54 Å². The molecule has 13 heavy (non-hydrogen) atoms. The molecule has 0 aromatic heterocycles. The highest BCUT2D eigenvalue weighted by molar-refractivity contribution is 5.70. The van der Waals surface area contributed by atoms with E-state index in [-0.39, 0.29) is 0 Å². The minimum atomic E-state index is 0.494. The summed E-state index contributed by atoms with van der Waals surface area (Å²) in [6, 6.07) is 0. The maximum absolute atomic E-state index is 10.1. The van der Waals surface area contributed by atoms with E-state index in [1.165, 1.54) is 5.57 Å². The first-order chi connectivity index (χ1) is 6.29. The molecule has 1 unspecified atom stereocenters. The van der Waals surface area contributed by atoms with Crippen LogP contribution in [0.25, 0.3) is 0 Å². The van der Waals surface area contributed by atoms with Gasteiger partial charge in [-0.3, -0.25) is 9.79 Å². The van der Waals surface area contributed by atoms with Gasteiger partial charge in [-0.15, -0.1) is 0 Å². The van der Waals surface area contributed by atoms with Crippen molar-refractivity contribution in [2.24, 2.45) is 10.9 Å². The van der Waals surface area contributed by atoms with Crippen molar-refractivity contribution in [1.29, 1.82) is 0 Å². The van der Waals surface area contributed by atoms with E-state index >= 15 is 0 Å².